The van der Waals surface area contributed by atoms with Crippen LogP contribution in [0.1, 0.15) is 37.4 Å². The van der Waals surface area contributed by atoms with Gasteiger partial charge < -0.3 is 10.1 Å². The number of amides is 1. The topological polar surface area (TPSA) is 127 Å². The smallest absolute Gasteiger partial charge is 0.269 e. The van der Waals surface area contributed by atoms with Gasteiger partial charge in [-0.15, -0.1) is 0 Å². The highest BCUT2D eigenvalue weighted by atomic mass is 35.5. The molecule has 3 heterocycles. The molecule has 1 fully saturated rings. The molecule has 1 atom stereocenters. The van der Waals surface area contributed by atoms with Crippen LogP contribution in [0, 0.1) is 0 Å². The van der Waals surface area contributed by atoms with Gasteiger partial charge in [0.1, 0.15) is 11.6 Å². The lowest BCUT2D eigenvalue weighted by Gasteiger charge is -2.26. The van der Waals surface area contributed by atoms with Gasteiger partial charge in [-0.25, -0.2) is 32.1 Å². The first kappa shape index (κ1) is 29.3. The summed E-state index contributed by atoms with van der Waals surface area (Å²) in [5.74, 6) is -0.460. The van der Waals surface area contributed by atoms with E-state index < -0.39 is 26.8 Å². The number of carbonyl (C=O) groups excluding carboxylic acids is 1. The molecule has 218 valence electrons. The van der Waals surface area contributed by atoms with Gasteiger partial charge in [0.2, 0.25) is 21.6 Å². The minimum atomic E-state index is -3.83. The molecule has 42 heavy (non-hydrogen) atoms. The van der Waals surface area contributed by atoms with E-state index in [1.165, 1.54) is 44.8 Å². The fraction of sp³-hybridized carbons (Fsp3) is 0.276. The second-order valence-corrected chi connectivity index (χ2v) is 12.3. The summed E-state index contributed by atoms with van der Waals surface area (Å²) >= 11 is 6.01. The van der Waals surface area contributed by atoms with E-state index in [1.54, 1.807) is 42.6 Å². The molecule has 1 amide bonds. The summed E-state index contributed by atoms with van der Waals surface area (Å²) in [5.41, 5.74) is -0.754. The highest BCUT2D eigenvalue weighted by molar-refractivity contribution is 7.93. The van der Waals surface area contributed by atoms with Gasteiger partial charge in [-0.1, -0.05) is 30.7 Å². The number of nitrogens with zero attached hydrogens (tertiary/aromatic N) is 5. The number of methoxy groups -OCH3 is 1. The highest BCUT2D eigenvalue weighted by Crippen LogP contribution is 2.35. The average Bonchev–Trinajstić information content (AvgIpc) is 3.87. The lowest BCUT2D eigenvalue weighted by Crippen LogP contribution is -2.39. The largest absolute Gasteiger partial charge is 0.497 e. The summed E-state index contributed by atoms with van der Waals surface area (Å²) in [6.07, 6.45) is 6.67. The van der Waals surface area contributed by atoms with Crippen molar-refractivity contribution in [3.63, 3.8) is 0 Å². The molecule has 1 unspecified atom stereocenters. The summed E-state index contributed by atoms with van der Waals surface area (Å²) in [5, 5.41) is 2.41. The summed E-state index contributed by atoms with van der Waals surface area (Å²) in [6, 6.07) is 13.1. The van der Waals surface area contributed by atoms with Crippen molar-refractivity contribution in [3.8, 4) is 16.9 Å². The summed E-state index contributed by atoms with van der Waals surface area (Å²) in [7, 11) is -2.29. The number of hydrogen-bond acceptors (Lipinski definition) is 8. The molecule has 5 rings (SSSR count). The zero-order chi connectivity index (χ0) is 29.9. The number of ether oxygens (including phenoxy) is 1. The predicted molar refractivity (Wildman–Crippen MR) is 157 cm³/mol. The number of benzene rings is 1. The van der Waals surface area contributed by atoms with Crippen LogP contribution in [0.5, 0.6) is 5.75 Å². The molecule has 1 N–H and O–H groups in total. The number of halogens is 2. The van der Waals surface area contributed by atoms with Gasteiger partial charge in [0, 0.05) is 35.9 Å². The van der Waals surface area contributed by atoms with Crippen LogP contribution in [0.3, 0.4) is 0 Å². The predicted octanol–water partition coefficient (Wildman–Crippen LogP) is 5.31. The molecule has 1 aromatic carbocycles. The molecule has 0 radical (unpaired) electrons. The van der Waals surface area contributed by atoms with E-state index in [2.05, 4.69) is 25.3 Å². The Hall–Kier alpha value is -4.16. The van der Waals surface area contributed by atoms with Crippen molar-refractivity contribution in [1.29, 1.82) is 0 Å². The molecule has 3 aromatic heterocycles. The fourth-order valence-electron chi connectivity index (χ4n) is 4.29. The number of pyridine rings is 2. The Morgan fingerprint density at radius 3 is 2.48 bits per heavy atom. The zero-order valence-corrected chi connectivity index (χ0v) is 24.4. The van der Waals surface area contributed by atoms with E-state index in [-0.39, 0.29) is 30.4 Å². The normalized spacial score (nSPS) is 14.6. The number of nitrogens with one attached hydrogen (secondary N) is 1. The van der Waals surface area contributed by atoms with E-state index in [1.807, 2.05) is 0 Å². The Bertz CT molecular complexity index is 1690. The molecule has 1 aliphatic rings. The second kappa shape index (κ2) is 12.0. The maximum atomic E-state index is 16.4. The second-order valence-electron chi connectivity index (χ2n) is 9.77. The minimum Gasteiger partial charge on any atom is -0.497 e. The van der Waals surface area contributed by atoms with Crippen LogP contribution in [-0.2, 0) is 27.0 Å². The van der Waals surface area contributed by atoms with Crippen molar-refractivity contribution in [3.05, 3.63) is 89.6 Å². The van der Waals surface area contributed by atoms with Gasteiger partial charge in [-0.2, -0.15) is 0 Å². The first-order valence-electron chi connectivity index (χ1n) is 13.2. The van der Waals surface area contributed by atoms with E-state index in [9.17, 15) is 13.2 Å². The number of alkyl halides is 1. The maximum absolute atomic E-state index is 16.4. The molecular weight excluding hydrogens is 583 g/mol. The average molecular weight is 611 g/mol. The summed E-state index contributed by atoms with van der Waals surface area (Å²) in [6.45, 7) is 1.43. The van der Waals surface area contributed by atoms with Crippen LogP contribution in [0.25, 0.3) is 11.1 Å². The third-order valence-corrected chi connectivity index (χ3v) is 9.33. The van der Waals surface area contributed by atoms with Gasteiger partial charge in [-0.05, 0) is 61.2 Å². The number of rotatable bonds is 11. The third kappa shape index (κ3) is 6.19. The van der Waals surface area contributed by atoms with Crippen LogP contribution in [0.4, 0.5) is 16.2 Å². The lowest BCUT2D eigenvalue weighted by molar-refractivity contribution is -0.128. The molecule has 1 saturated carbocycles. The van der Waals surface area contributed by atoms with Crippen molar-refractivity contribution < 1.29 is 22.3 Å². The summed E-state index contributed by atoms with van der Waals surface area (Å²) < 4.78 is 49.5. The lowest BCUT2D eigenvalue weighted by atomic mass is 9.97. The molecule has 0 spiro atoms. The molecule has 1 aliphatic carbocycles. The maximum Gasteiger partial charge on any atom is 0.269 e. The van der Waals surface area contributed by atoms with Gasteiger partial charge in [0.25, 0.3) is 5.91 Å². The Balaban J connectivity index is 1.41. The van der Waals surface area contributed by atoms with E-state index in [4.69, 9.17) is 16.3 Å². The zero-order valence-electron chi connectivity index (χ0n) is 22.9. The molecular formula is C29H28ClFN6O4S. The van der Waals surface area contributed by atoms with E-state index >= 15 is 4.39 Å². The number of carbonyl (C=O) groups is 1. The first-order chi connectivity index (χ1) is 20.1. The quantitative estimate of drug-likeness (QED) is 0.242. The van der Waals surface area contributed by atoms with Crippen molar-refractivity contribution >= 4 is 39.3 Å². The van der Waals surface area contributed by atoms with Crippen molar-refractivity contribution in [2.45, 2.75) is 43.6 Å². The standard InChI is InChI=1S/C29H28ClFN6O4S/c1-3-29(31,27(38)36-26-11-6-20(16-34-26)21-14-22(30)17-32-15-21)25-12-13-33-28(35-25)37(42(39,40)24-9-10-24)18-19-4-7-23(41-2)8-5-19/h4-8,11-17,24H,3,9-10,18H2,1-2H3,(H,34,36,38). The van der Waals surface area contributed by atoms with Crippen molar-refractivity contribution in [1.82, 2.24) is 19.9 Å². The molecule has 0 saturated heterocycles. The Morgan fingerprint density at radius 2 is 1.86 bits per heavy atom. The Morgan fingerprint density at radius 1 is 1.10 bits per heavy atom. The van der Waals surface area contributed by atoms with Gasteiger partial charge in [0.05, 0.1) is 29.6 Å². The van der Waals surface area contributed by atoms with Crippen LogP contribution >= 0.6 is 11.6 Å². The van der Waals surface area contributed by atoms with E-state index in [0.29, 0.717) is 34.7 Å². The number of aromatic nitrogens is 4. The first-order valence-corrected chi connectivity index (χ1v) is 15.1. The molecule has 0 bridgehead atoms. The van der Waals surface area contributed by atoms with Crippen LogP contribution in [0.2, 0.25) is 5.02 Å². The SMILES string of the molecule is CCC(F)(C(=O)Nc1ccc(-c2cncc(Cl)c2)cn1)c1ccnc(N(Cc2ccc(OC)cc2)S(=O)(=O)C2CC2)n1. The van der Waals surface area contributed by atoms with Gasteiger partial charge >= 0.3 is 0 Å². The molecule has 13 heteroatoms. The number of anilines is 2. The van der Waals surface area contributed by atoms with Gasteiger partial charge in [-0.3, -0.25) is 9.78 Å². The minimum absolute atomic E-state index is 0.0672. The molecule has 0 aliphatic heterocycles. The molecule has 10 nitrogen and oxygen atoms in total. The Kier molecular flexibility index (Phi) is 8.37. The van der Waals surface area contributed by atoms with Crippen LogP contribution in [0.15, 0.2) is 73.3 Å². The number of sulfonamides is 1. The number of hydrogen-bond donors (Lipinski definition) is 1. The Labute approximate surface area is 248 Å². The van der Waals surface area contributed by atoms with Crippen LogP contribution in [-0.4, -0.2) is 46.6 Å². The fourth-order valence-corrected chi connectivity index (χ4v) is 6.20. The van der Waals surface area contributed by atoms with Crippen molar-refractivity contribution in [2.75, 3.05) is 16.7 Å². The van der Waals surface area contributed by atoms with Crippen molar-refractivity contribution in [2.24, 2.45) is 0 Å². The van der Waals surface area contributed by atoms with Crippen LogP contribution < -0.4 is 14.4 Å². The van der Waals surface area contributed by atoms with Gasteiger partial charge in [0.15, 0.2) is 0 Å². The van der Waals surface area contributed by atoms with E-state index in [0.717, 1.165) is 9.87 Å². The highest BCUT2D eigenvalue weighted by Gasteiger charge is 2.44. The third-order valence-electron chi connectivity index (χ3n) is 6.90. The summed E-state index contributed by atoms with van der Waals surface area (Å²) in [4.78, 5) is 30.0. The molecule has 4 aromatic rings. The monoisotopic (exact) mass is 610 g/mol.